The highest BCUT2D eigenvalue weighted by atomic mass is 19.1. The van der Waals surface area contributed by atoms with Gasteiger partial charge in [0, 0.05) is 25.6 Å². The van der Waals surface area contributed by atoms with Gasteiger partial charge in [-0.05, 0) is 36.8 Å². The Balaban J connectivity index is 1.54. The fraction of sp³-hybridized carbons (Fsp3) is 0.471. The van der Waals surface area contributed by atoms with E-state index in [-0.39, 0.29) is 11.7 Å². The van der Waals surface area contributed by atoms with E-state index in [2.05, 4.69) is 4.98 Å². The molecule has 1 N–H and O–H groups in total. The van der Waals surface area contributed by atoms with Gasteiger partial charge < -0.3 is 14.6 Å². The Hall–Kier alpha value is -1.88. The molecule has 1 saturated carbocycles. The third-order valence-corrected chi connectivity index (χ3v) is 5.16. The van der Waals surface area contributed by atoms with E-state index in [1.165, 1.54) is 6.07 Å². The van der Waals surface area contributed by atoms with Gasteiger partial charge in [0.1, 0.15) is 11.5 Å². The molecular formula is C17H19FN2O2. The number of nitrogens with zero attached hydrogens (tertiary/aromatic N) is 1. The molecule has 0 bridgehead atoms. The van der Waals surface area contributed by atoms with Crippen molar-refractivity contribution in [3.63, 3.8) is 0 Å². The predicted molar refractivity (Wildman–Crippen MR) is 81.2 cm³/mol. The average molecular weight is 302 g/mol. The lowest BCUT2D eigenvalue weighted by Crippen LogP contribution is -2.30. The molecule has 1 aromatic heterocycles. The molecule has 2 fully saturated rings. The largest absolute Gasteiger partial charge is 0.381 e. The summed E-state index contributed by atoms with van der Waals surface area (Å²) in [6, 6.07) is 6.61. The van der Waals surface area contributed by atoms with E-state index in [0.717, 1.165) is 31.3 Å². The van der Waals surface area contributed by atoms with Crippen LogP contribution in [-0.2, 0) is 4.74 Å². The summed E-state index contributed by atoms with van der Waals surface area (Å²) in [6.07, 6.45) is 2.41. The highest BCUT2D eigenvalue weighted by Crippen LogP contribution is 2.39. The van der Waals surface area contributed by atoms with Crippen LogP contribution in [0.2, 0.25) is 0 Å². The van der Waals surface area contributed by atoms with Crippen LogP contribution in [0.4, 0.5) is 4.39 Å². The minimum absolute atomic E-state index is 0.0287. The molecule has 1 saturated heterocycles. The number of hydrogen-bond acceptors (Lipinski definition) is 2. The molecule has 1 aromatic carbocycles. The van der Waals surface area contributed by atoms with E-state index >= 15 is 0 Å². The van der Waals surface area contributed by atoms with Gasteiger partial charge in [0.05, 0.1) is 11.6 Å². The average Bonchev–Trinajstić information content (AvgIpc) is 3.18. The maximum atomic E-state index is 13.7. The van der Waals surface area contributed by atoms with Gasteiger partial charge in [-0.3, -0.25) is 4.79 Å². The molecule has 5 heteroatoms. The zero-order valence-electron chi connectivity index (χ0n) is 12.5. The Kier molecular flexibility index (Phi) is 3.18. The quantitative estimate of drug-likeness (QED) is 0.927. The van der Waals surface area contributed by atoms with Crippen molar-refractivity contribution in [2.75, 3.05) is 20.2 Å². The van der Waals surface area contributed by atoms with E-state index in [0.29, 0.717) is 29.2 Å². The molecule has 2 aliphatic rings. The number of aromatic amines is 1. The van der Waals surface area contributed by atoms with Crippen LogP contribution in [0.5, 0.6) is 0 Å². The van der Waals surface area contributed by atoms with Crippen LogP contribution in [0.15, 0.2) is 24.3 Å². The predicted octanol–water partition coefficient (Wildman–Crippen LogP) is 2.80. The van der Waals surface area contributed by atoms with Gasteiger partial charge in [-0.1, -0.05) is 12.1 Å². The Morgan fingerprint density at radius 3 is 2.68 bits per heavy atom. The number of rotatable bonds is 2. The molecule has 116 valence electrons. The number of carbonyl (C=O) groups is 1. The summed E-state index contributed by atoms with van der Waals surface area (Å²) in [7, 11) is 1.76. The SMILES string of the molecule is COC1C[C@@H]2CN(C(=O)c3cc4cccc(F)c4[nH]3)C[C@@H]2C1. The summed E-state index contributed by atoms with van der Waals surface area (Å²) >= 11 is 0. The number of nitrogens with one attached hydrogen (secondary N) is 1. The molecule has 1 aliphatic carbocycles. The minimum Gasteiger partial charge on any atom is -0.381 e. The molecule has 4 nitrogen and oxygen atoms in total. The van der Waals surface area contributed by atoms with Gasteiger partial charge in [-0.25, -0.2) is 4.39 Å². The van der Waals surface area contributed by atoms with Crippen molar-refractivity contribution in [3.8, 4) is 0 Å². The van der Waals surface area contributed by atoms with Crippen molar-refractivity contribution in [1.82, 2.24) is 9.88 Å². The van der Waals surface area contributed by atoms with Crippen LogP contribution in [0.25, 0.3) is 10.9 Å². The second-order valence-electron chi connectivity index (χ2n) is 6.45. The second kappa shape index (κ2) is 5.09. The molecule has 1 unspecified atom stereocenters. The number of amides is 1. The molecule has 1 aliphatic heterocycles. The second-order valence-corrected chi connectivity index (χ2v) is 6.45. The van der Waals surface area contributed by atoms with Crippen molar-refractivity contribution in [1.29, 1.82) is 0 Å². The number of H-pyrrole nitrogens is 1. The van der Waals surface area contributed by atoms with Gasteiger partial charge in [-0.2, -0.15) is 0 Å². The standard InChI is InChI=1S/C17H19FN2O2/c1-22-13-5-11-8-20(9-12(11)6-13)17(21)15-7-10-3-2-4-14(18)16(10)19-15/h2-4,7,11-13,19H,5-6,8-9H2,1H3/t11-,12+,13?. The molecule has 2 aromatic rings. The number of para-hydroxylation sites is 1. The van der Waals surface area contributed by atoms with Gasteiger partial charge >= 0.3 is 0 Å². The zero-order chi connectivity index (χ0) is 15.3. The van der Waals surface area contributed by atoms with Crippen LogP contribution >= 0.6 is 0 Å². The molecule has 4 rings (SSSR count). The van der Waals surface area contributed by atoms with Crippen molar-refractivity contribution < 1.29 is 13.9 Å². The number of carbonyl (C=O) groups excluding carboxylic acids is 1. The summed E-state index contributed by atoms with van der Waals surface area (Å²) in [5, 5.41) is 0.738. The smallest absolute Gasteiger partial charge is 0.270 e. The molecule has 0 spiro atoms. The lowest BCUT2D eigenvalue weighted by molar-refractivity contribution is 0.0727. The number of aromatic nitrogens is 1. The van der Waals surface area contributed by atoms with Crippen LogP contribution in [0.3, 0.4) is 0 Å². The molecule has 22 heavy (non-hydrogen) atoms. The Bertz CT molecular complexity index is 713. The summed E-state index contributed by atoms with van der Waals surface area (Å²) < 4.78 is 19.2. The molecule has 3 atom stereocenters. The van der Waals surface area contributed by atoms with E-state index in [9.17, 15) is 9.18 Å². The van der Waals surface area contributed by atoms with E-state index < -0.39 is 0 Å². The first-order chi connectivity index (χ1) is 10.7. The summed E-state index contributed by atoms with van der Waals surface area (Å²) in [5.74, 6) is 0.724. The zero-order valence-corrected chi connectivity index (χ0v) is 12.5. The van der Waals surface area contributed by atoms with Crippen LogP contribution in [0.1, 0.15) is 23.3 Å². The van der Waals surface area contributed by atoms with Gasteiger partial charge in [-0.15, -0.1) is 0 Å². The highest BCUT2D eigenvalue weighted by molar-refractivity contribution is 5.98. The van der Waals surface area contributed by atoms with Crippen molar-refractivity contribution in [2.45, 2.75) is 18.9 Å². The van der Waals surface area contributed by atoms with E-state index in [4.69, 9.17) is 4.74 Å². The molecular weight excluding hydrogens is 283 g/mol. The Morgan fingerprint density at radius 2 is 2.05 bits per heavy atom. The number of hydrogen-bond donors (Lipinski definition) is 1. The molecule has 1 amide bonds. The Labute approximate surface area is 128 Å². The third-order valence-electron chi connectivity index (χ3n) is 5.16. The third kappa shape index (κ3) is 2.11. The van der Waals surface area contributed by atoms with Crippen LogP contribution in [0, 0.1) is 17.7 Å². The van der Waals surface area contributed by atoms with Crippen molar-refractivity contribution >= 4 is 16.8 Å². The highest BCUT2D eigenvalue weighted by Gasteiger charge is 2.42. The maximum absolute atomic E-state index is 13.7. The first-order valence-corrected chi connectivity index (χ1v) is 7.75. The summed E-state index contributed by atoms with van der Waals surface area (Å²) in [4.78, 5) is 17.5. The van der Waals surface area contributed by atoms with E-state index in [1.54, 1.807) is 19.2 Å². The fourth-order valence-electron chi connectivity index (χ4n) is 4.01. The van der Waals surface area contributed by atoms with Crippen LogP contribution in [-0.4, -0.2) is 42.1 Å². The topological polar surface area (TPSA) is 45.3 Å². The van der Waals surface area contributed by atoms with Crippen molar-refractivity contribution in [3.05, 3.63) is 35.8 Å². The molecule has 2 heterocycles. The van der Waals surface area contributed by atoms with Crippen molar-refractivity contribution in [2.24, 2.45) is 11.8 Å². The lowest BCUT2D eigenvalue weighted by atomic mass is 10.0. The maximum Gasteiger partial charge on any atom is 0.270 e. The number of halogens is 1. The lowest BCUT2D eigenvalue weighted by Gasteiger charge is -2.18. The number of methoxy groups -OCH3 is 1. The Morgan fingerprint density at radius 1 is 1.32 bits per heavy atom. The van der Waals surface area contributed by atoms with Gasteiger partial charge in [0.25, 0.3) is 5.91 Å². The van der Waals surface area contributed by atoms with Gasteiger partial charge in [0.15, 0.2) is 0 Å². The van der Waals surface area contributed by atoms with E-state index in [1.807, 2.05) is 11.0 Å². The first-order valence-electron chi connectivity index (χ1n) is 7.75. The minimum atomic E-state index is -0.322. The number of fused-ring (bicyclic) bond motifs is 2. The summed E-state index contributed by atoms with van der Waals surface area (Å²) in [6.45, 7) is 1.56. The monoisotopic (exact) mass is 302 g/mol. The number of ether oxygens (including phenoxy) is 1. The molecule has 0 radical (unpaired) electrons. The summed E-state index contributed by atoms with van der Waals surface area (Å²) in [5.41, 5.74) is 0.882. The number of benzene rings is 1. The first kappa shape index (κ1) is 13.8. The fourth-order valence-corrected chi connectivity index (χ4v) is 4.01. The number of likely N-dealkylation sites (tertiary alicyclic amines) is 1. The van der Waals surface area contributed by atoms with Gasteiger partial charge in [0.2, 0.25) is 0 Å². The normalized spacial score (nSPS) is 27.5. The van der Waals surface area contributed by atoms with Crippen LogP contribution < -0.4 is 0 Å².